The fraction of sp³-hybridized carbons (Fsp3) is 0.0526. The molecule has 0 amide bonds. The largest absolute Gasteiger partial charge is 0.330 e. The fourth-order valence-electron chi connectivity index (χ4n) is 2.34. The molecule has 3 nitrogen and oxygen atoms in total. The van der Waals surface area contributed by atoms with Crippen molar-refractivity contribution in [2.75, 3.05) is 0 Å². The quantitative estimate of drug-likeness (QED) is 0.681. The summed E-state index contributed by atoms with van der Waals surface area (Å²) in [5, 5.41) is 9.08. The van der Waals surface area contributed by atoms with E-state index in [1.807, 2.05) is 54.6 Å². The number of benzene rings is 2. The summed E-state index contributed by atoms with van der Waals surface area (Å²) in [6, 6.07) is 17.6. The smallest absolute Gasteiger partial charge is 0.230 e. The minimum Gasteiger partial charge on any atom is -0.330 e. The molecule has 23 heavy (non-hydrogen) atoms. The molecular formula is C19H14FN3. The van der Waals surface area contributed by atoms with Gasteiger partial charge in [-0.2, -0.15) is 9.65 Å². The lowest BCUT2D eigenvalue weighted by Gasteiger charge is -2.07. The van der Waals surface area contributed by atoms with Gasteiger partial charge in [-0.25, -0.2) is 4.98 Å². The zero-order valence-corrected chi connectivity index (χ0v) is 12.4. The van der Waals surface area contributed by atoms with Crippen molar-refractivity contribution in [3.63, 3.8) is 0 Å². The molecule has 4 heteroatoms. The summed E-state index contributed by atoms with van der Waals surface area (Å²) < 4.78 is 14.7. The SMILES string of the molecule is N#Cc1ccc(/C=C\c2ccccc2)c(Cn2cnc(F)c2)c1. The standard InChI is InChI=1S/C19H14FN3/c20-19-13-23(14-22-19)12-18-10-16(11-21)7-9-17(18)8-6-15-4-2-1-3-5-15/h1-10,13-14H,12H2/b8-6-. The van der Waals surface area contributed by atoms with Crippen LogP contribution in [-0.4, -0.2) is 9.55 Å². The average Bonchev–Trinajstić information content (AvgIpc) is 2.99. The van der Waals surface area contributed by atoms with Gasteiger partial charge < -0.3 is 4.57 Å². The summed E-state index contributed by atoms with van der Waals surface area (Å²) in [6.07, 6.45) is 6.79. The van der Waals surface area contributed by atoms with Crippen molar-refractivity contribution in [2.24, 2.45) is 0 Å². The monoisotopic (exact) mass is 303 g/mol. The molecule has 1 heterocycles. The summed E-state index contributed by atoms with van der Waals surface area (Å²) in [6.45, 7) is 0.459. The van der Waals surface area contributed by atoms with Gasteiger partial charge in [0, 0.05) is 6.54 Å². The Balaban J connectivity index is 1.93. The van der Waals surface area contributed by atoms with Crippen molar-refractivity contribution in [3.8, 4) is 6.07 Å². The van der Waals surface area contributed by atoms with Crippen LogP contribution in [0.3, 0.4) is 0 Å². The van der Waals surface area contributed by atoms with E-state index in [1.165, 1.54) is 12.5 Å². The van der Waals surface area contributed by atoms with E-state index in [-0.39, 0.29) is 0 Å². The molecule has 2 aromatic carbocycles. The first kappa shape index (κ1) is 14.7. The van der Waals surface area contributed by atoms with E-state index in [2.05, 4.69) is 11.1 Å². The van der Waals surface area contributed by atoms with Crippen LogP contribution in [0.5, 0.6) is 0 Å². The molecule has 0 saturated carbocycles. The highest BCUT2D eigenvalue weighted by atomic mass is 19.1. The van der Waals surface area contributed by atoms with E-state index in [1.54, 1.807) is 10.6 Å². The first-order valence-corrected chi connectivity index (χ1v) is 7.18. The first-order chi connectivity index (χ1) is 11.2. The van der Waals surface area contributed by atoms with E-state index in [0.29, 0.717) is 12.1 Å². The number of imidazole rings is 1. The average molecular weight is 303 g/mol. The van der Waals surface area contributed by atoms with Crippen LogP contribution in [0.2, 0.25) is 0 Å². The molecule has 0 saturated heterocycles. The van der Waals surface area contributed by atoms with Crippen molar-refractivity contribution >= 4 is 12.2 Å². The van der Waals surface area contributed by atoms with Gasteiger partial charge in [-0.1, -0.05) is 48.6 Å². The molecule has 0 fully saturated rings. The van der Waals surface area contributed by atoms with Crippen molar-refractivity contribution in [3.05, 3.63) is 89.3 Å². The highest BCUT2D eigenvalue weighted by molar-refractivity contribution is 5.71. The molecule has 0 aliphatic rings. The molecule has 112 valence electrons. The minimum absolute atomic E-state index is 0.459. The van der Waals surface area contributed by atoms with E-state index in [0.717, 1.165) is 16.7 Å². The third-order valence-corrected chi connectivity index (χ3v) is 3.48. The fourth-order valence-corrected chi connectivity index (χ4v) is 2.34. The molecule has 0 aliphatic carbocycles. The van der Waals surface area contributed by atoms with E-state index >= 15 is 0 Å². The van der Waals surface area contributed by atoms with Gasteiger partial charge in [0.15, 0.2) is 0 Å². The van der Waals surface area contributed by atoms with E-state index < -0.39 is 5.95 Å². The zero-order valence-electron chi connectivity index (χ0n) is 12.4. The Hall–Kier alpha value is -3.19. The van der Waals surface area contributed by atoms with Crippen LogP contribution in [0.25, 0.3) is 12.2 Å². The number of hydrogen-bond acceptors (Lipinski definition) is 2. The maximum absolute atomic E-state index is 13.0. The molecule has 0 bridgehead atoms. The Kier molecular flexibility index (Phi) is 4.30. The van der Waals surface area contributed by atoms with Crippen LogP contribution in [0.15, 0.2) is 61.1 Å². The van der Waals surface area contributed by atoms with Crippen molar-refractivity contribution in [1.82, 2.24) is 9.55 Å². The van der Waals surface area contributed by atoms with Crippen LogP contribution >= 0.6 is 0 Å². The molecule has 0 radical (unpaired) electrons. The molecule has 0 aliphatic heterocycles. The number of rotatable bonds is 4. The van der Waals surface area contributed by atoms with Crippen molar-refractivity contribution in [1.29, 1.82) is 5.26 Å². The molecule has 0 N–H and O–H groups in total. The van der Waals surface area contributed by atoms with Gasteiger partial charge in [0.05, 0.1) is 24.2 Å². The van der Waals surface area contributed by atoms with Crippen LogP contribution in [-0.2, 0) is 6.54 Å². The van der Waals surface area contributed by atoms with E-state index in [4.69, 9.17) is 5.26 Å². The van der Waals surface area contributed by atoms with Gasteiger partial charge in [0.1, 0.15) is 0 Å². The highest BCUT2D eigenvalue weighted by Crippen LogP contribution is 2.17. The van der Waals surface area contributed by atoms with Gasteiger partial charge in [0.2, 0.25) is 5.95 Å². The van der Waals surface area contributed by atoms with Gasteiger partial charge in [-0.3, -0.25) is 0 Å². The van der Waals surface area contributed by atoms with Crippen LogP contribution < -0.4 is 0 Å². The van der Waals surface area contributed by atoms with Crippen molar-refractivity contribution < 1.29 is 4.39 Å². The first-order valence-electron chi connectivity index (χ1n) is 7.18. The predicted molar refractivity (Wildman–Crippen MR) is 87.8 cm³/mol. The molecule has 0 spiro atoms. The minimum atomic E-state index is -0.511. The Labute approximate surface area is 134 Å². The molecule has 0 unspecified atom stereocenters. The van der Waals surface area contributed by atoms with Crippen LogP contribution in [0.1, 0.15) is 22.3 Å². The van der Waals surface area contributed by atoms with Gasteiger partial charge in [-0.05, 0) is 28.8 Å². The summed E-state index contributed by atoms with van der Waals surface area (Å²) >= 11 is 0. The molecule has 3 aromatic rings. The molecule has 0 atom stereocenters. The third-order valence-electron chi connectivity index (χ3n) is 3.48. The molecular weight excluding hydrogens is 289 g/mol. The summed E-state index contributed by atoms with van der Waals surface area (Å²) in [5.74, 6) is -0.511. The lowest BCUT2D eigenvalue weighted by atomic mass is 10.0. The van der Waals surface area contributed by atoms with Gasteiger partial charge in [-0.15, -0.1) is 0 Å². The Morgan fingerprint density at radius 2 is 1.96 bits per heavy atom. The summed E-state index contributed by atoms with van der Waals surface area (Å²) in [4.78, 5) is 3.59. The van der Waals surface area contributed by atoms with Crippen LogP contribution in [0.4, 0.5) is 4.39 Å². The lowest BCUT2D eigenvalue weighted by Crippen LogP contribution is -1.99. The maximum Gasteiger partial charge on any atom is 0.230 e. The summed E-state index contributed by atoms with van der Waals surface area (Å²) in [7, 11) is 0. The number of aromatic nitrogens is 2. The second-order valence-corrected chi connectivity index (χ2v) is 5.14. The zero-order chi connectivity index (χ0) is 16.1. The van der Waals surface area contributed by atoms with Crippen molar-refractivity contribution in [2.45, 2.75) is 6.54 Å². The topological polar surface area (TPSA) is 41.6 Å². The number of halogens is 1. The normalized spacial score (nSPS) is 10.8. The summed E-state index contributed by atoms with van der Waals surface area (Å²) in [5.41, 5.74) is 3.60. The number of hydrogen-bond donors (Lipinski definition) is 0. The Morgan fingerprint density at radius 3 is 2.65 bits per heavy atom. The van der Waals surface area contributed by atoms with E-state index in [9.17, 15) is 4.39 Å². The highest BCUT2D eigenvalue weighted by Gasteiger charge is 2.04. The predicted octanol–water partition coefficient (Wildman–Crippen LogP) is 4.11. The Morgan fingerprint density at radius 1 is 1.13 bits per heavy atom. The Bertz CT molecular complexity index is 873. The van der Waals surface area contributed by atoms with Gasteiger partial charge >= 0.3 is 0 Å². The molecule has 1 aromatic heterocycles. The second-order valence-electron chi connectivity index (χ2n) is 5.14. The lowest BCUT2D eigenvalue weighted by molar-refractivity contribution is 0.588. The number of nitriles is 1. The number of nitrogens with zero attached hydrogens (tertiary/aromatic N) is 3. The third kappa shape index (κ3) is 3.72. The molecule has 3 rings (SSSR count). The van der Waals surface area contributed by atoms with Gasteiger partial charge in [0.25, 0.3) is 0 Å². The second kappa shape index (κ2) is 6.71. The van der Waals surface area contributed by atoms with Crippen LogP contribution in [0, 0.1) is 17.3 Å². The maximum atomic E-state index is 13.0.